The van der Waals surface area contributed by atoms with Gasteiger partial charge in [-0.1, -0.05) is 0 Å². The van der Waals surface area contributed by atoms with Gasteiger partial charge in [0.05, 0.1) is 18.1 Å². The number of sulfonamides is 1. The minimum atomic E-state index is -3.47. The predicted octanol–water partition coefficient (Wildman–Crippen LogP) is 0.692. The average molecular weight is 328 g/mol. The van der Waals surface area contributed by atoms with Gasteiger partial charge < -0.3 is 9.84 Å². The molecular weight excluding hydrogens is 304 g/mol. The summed E-state index contributed by atoms with van der Waals surface area (Å²) >= 11 is 0. The molecule has 1 aliphatic heterocycles. The number of β-amino-alcohol motifs (C(OH)–C–C–N with tert-alkyl or cyclic N) is 1. The van der Waals surface area contributed by atoms with E-state index in [1.165, 1.54) is 4.31 Å². The Kier molecular flexibility index (Phi) is 5.80. The summed E-state index contributed by atoms with van der Waals surface area (Å²) in [5.74, 6) is 0.717. The van der Waals surface area contributed by atoms with Crippen LogP contribution in [-0.2, 0) is 10.0 Å². The van der Waals surface area contributed by atoms with Crippen LogP contribution in [0.3, 0.4) is 0 Å². The molecule has 0 bridgehead atoms. The van der Waals surface area contributed by atoms with E-state index in [1.807, 2.05) is 13.8 Å². The summed E-state index contributed by atoms with van der Waals surface area (Å²) in [4.78, 5) is 2.37. The van der Waals surface area contributed by atoms with Gasteiger partial charge in [-0.3, -0.25) is 4.90 Å². The van der Waals surface area contributed by atoms with Crippen molar-refractivity contribution in [3.63, 3.8) is 0 Å². The van der Waals surface area contributed by atoms with Gasteiger partial charge >= 0.3 is 0 Å². The first kappa shape index (κ1) is 17.2. The molecule has 0 amide bonds. The fourth-order valence-electron chi connectivity index (χ4n) is 2.58. The molecule has 0 unspecified atom stereocenters. The van der Waals surface area contributed by atoms with E-state index in [2.05, 4.69) is 4.90 Å². The molecule has 6 nitrogen and oxygen atoms in total. The lowest BCUT2D eigenvalue weighted by Gasteiger charge is -2.33. The van der Waals surface area contributed by atoms with Crippen molar-refractivity contribution in [2.75, 3.05) is 45.9 Å². The number of aryl methyl sites for hydroxylation is 1. The summed E-state index contributed by atoms with van der Waals surface area (Å²) in [6.45, 7) is 7.20. The molecule has 0 saturated carbocycles. The molecule has 124 valence electrons. The number of nitrogens with zero attached hydrogens (tertiary/aromatic N) is 2. The van der Waals surface area contributed by atoms with E-state index in [0.717, 1.165) is 5.56 Å². The number of piperazine rings is 1. The Morgan fingerprint density at radius 2 is 1.91 bits per heavy atom. The standard InChI is InChI=1S/C15H24N2O4S/c1-3-21-15-5-4-14(12-13(15)2)22(19,20)17-8-6-16(7-9-17)10-11-18/h4-5,12,18H,3,6-11H2,1-2H3. The quantitative estimate of drug-likeness (QED) is 0.832. The van der Waals surface area contributed by atoms with Crippen molar-refractivity contribution in [3.8, 4) is 5.75 Å². The molecular formula is C15H24N2O4S. The summed E-state index contributed by atoms with van der Waals surface area (Å²) in [7, 11) is -3.47. The Morgan fingerprint density at radius 3 is 2.45 bits per heavy atom. The lowest BCUT2D eigenvalue weighted by molar-refractivity contribution is 0.151. The van der Waals surface area contributed by atoms with Crippen LogP contribution in [0.25, 0.3) is 0 Å². The number of aliphatic hydroxyl groups excluding tert-OH is 1. The number of aliphatic hydroxyl groups is 1. The van der Waals surface area contributed by atoms with Crippen molar-refractivity contribution < 1.29 is 18.3 Å². The maximum atomic E-state index is 12.7. The summed E-state index contributed by atoms with van der Waals surface area (Å²) in [5, 5.41) is 8.94. The van der Waals surface area contributed by atoms with Crippen LogP contribution >= 0.6 is 0 Å². The SMILES string of the molecule is CCOc1ccc(S(=O)(=O)N2CCN(CCO)CC2)cc1C. The van der Waals surface area contributed by atoms with Gasteiger partial charge in [-0.25, -0.2) is 8.42 Å². The third-order valence-corrected chi connectivity index (χ3v) is 5.73. The molecule has 7 heteroatoms. The van der Waals surface area contributed by atoms with Crippen molar-refractivity contribution in [2.24, 2.45) is 0 Å². The van der Waals surface area contributed by atoms with Crippen molar-refractivity contribution in [3.05, 3.63) is 23.8 Å². The second kappa shape index (κ2) is 7.41. The molecule has 0 radical (unpaired) electrons. The highest BCUT2D eigenvalue weighted by atomic mass is 32.2. The molecule has 22 heavy (non-hydrogen) atoms. The highest BCUT2D eigenvalue weighted by Gasteiger charge is 2.28. The number of ether oxygens (including phenoxy) is 1. The Labute approximate surface area is 132 Å². The minimum Gasteiger partial charge on any atom is -0.494 e. The number of hydrogen-bond donors (Lipinski definition) is 1. The zero-order valence-corrected chi connectivity index (χ0v) is 14.0. The van der Waals surface area contributed by atoms with Crippen molar-refractivity contribution in [2.45, 2.75) is 18.7 Å². The third kappa shape index (κ3) is 3.78. The van der Waals surface area contributed by atoms with Crippen molar-refractivity contribution >= 4 is 10.0 Å². The summed E-state index contributed by atoms with van der Waals surface area (Å²) < 4.78 is 32.3. The Morgan fingerprint density at radius 1 is 1.23 bits per heavy atom. The van der Waals surface area contributed by atoms with Gasteiger partial charge in [-0.15, -0.1) is 0 Å². The number of rotatable bonds is 6. The second-order valence-electron chi connectivity index (χ2n) is 5.33. The monoisotopic (exact) mass is 328 g/mol. The molecule has 1 aromatic carbocycles. The Bertz CT molecular complexity index is 596. The van der Waals surface area contributed by atoms with Crippen LogP contribution < -0.4 is 4.74 Å². The van der Waals surface area contributed by atoms with E-state index in [0.29, 0.717) is 50.0 Å². The first-order chi connectivity index (χ1) is 10.5. The van der Waals surface area contributed by atoms with Crippen LogP contribution in [0.5, 0.6) is 5.75 Å². The minimum absolute atomic E-state index is 0.102. The maximum absolute atomic E-state index is 12.7. The molecule has 2 rings (SSSR count). The summed E-state index contributed by atoms with van der Waals surface area (Å²) in [6, 6.07) is 4.99. The van der Waals surface area contributed by atoms with Crippen LogP contribution in [-0.4, -0.2) is 68.7 Å². The van der Waals surface area contributed by atoms with Crippen LogP contribution in [0.1, 0.15) is 12.5 Å². The fourth-order valence-corrected chi connectivity index (χ4v) is 4.09. The van der Waals surface area contributed by atoms with E-state index in [9.17, 15) is 8.42 Å². The van der Waals surface area contributed by atoms with E-state index >= 15 is 0 Å². The predicted molar refractivity (Wildman–Crippen MR) is 84.6 cm³/mol. The van der Waals surface area contributed by atoms with Crippen LogP contribution in [0.15, 0.2) is 23.1 Å². The van der Waals surface area contributed by atoms with Crippen molar-refractivity contribution in [1.82, 2.24) is 9.21 Å². The smallest absolute Gasteiger partial charge is 0.243 e. The summed E-state index contributed by atoms with van der Waals surface area (Å²) in [6.07, 6.45) is 0. The summed E-state index contributed by atoms with van der Waals surface area (Å²) in [5.41, 5.74) is 0.821. The zero-order chi connectivity index (χ0) is 16.2. The number of benzene rings is 1. The molecule has 1 N–H and O–H groups in total. The first-order valence-corrected chi connectivity index (χ1v) is 9.00. The fraction of sp³-hybridized carbons (Fsp3) is 0.600. The molecule has 0 aromatic heterocycles. The van der Waals surface area contributed by atoms with Gasteiger partial charge in [-0.05, 0) is 37.6 Å². The lowest BCUT2D eigenvalue weighted by atomic mass is 10.2. The molecule has 0 aliphatic carbocycles. The lowest BCUT2D eigenvalue weighted by Crippen LogP contribution is -2.49. The maximum Gasteiger partial charge on any atom is 0.243 e. The number of hydrogen-bond acceptors (Lipinski definition) is 5. The molecule has 0 atom stereocenters. The normalized spacial score (nSPS) is 17.6. The first-order valence-electron chi connectivity index (χ1n) is 7.56. The third-order valence-electron chi connectivity index (χ3n) is 3.83. The molecule has 1 fully saturated rings. The van der Waals surface area contributed by atoms with Gasteiger partial charge in [0.1, 0.15) is 5.75 Å². The molecule has 1 saturated heterocycles. The van der Waals surface area contributed by atoms with Gasteiger partial charge in [0.15, 0.2) is 0 Å². The van der Waals surface area contributed by atoms with E-state index in [4.69, 9.17) is 9.84 Å². The van der Waals surface area contributed by atoms with Gasteiger partial charge in [0, 0.05) is 32.7 Å². The highest BCUT2D eigenvalue weighted by Crippen LogP contribution is 2.24. The molecule has 1 aromatic rings. The van der Waals surface area contributed by atoms with E-state index in [-0.39, 0.29) is 6.61 Å². The Hall–Kier alpha value is -1.15. The zero-order valence-electron chi connectivity index (χ0n) is 13.2. The molecule has 1 heterocycles. The van der Waals surface area contributed by atoms with Crippen LogP contribution in [0.4, 0.5) is 0 Å². The van der Waals surface area contributed by atoms with Crippen molar-refractivity contribution in [1.29, 1.82) is 0 Å². The highest BCUT2D eigenvalue weighted by molar-refractivity contribution is 7.89. The van der Waals surface area contributed by atoms with Crippen LogP contribution in [0, 0.1) is 6.92 Å². The van der Waals surface area contributed by atoms with E-state index < -0.39 is 10.0 Å². The second-order valence-corrected chi connectivity index (χ2v) is 7.27. The van der Waals surface area contributed by atoms with Gasteiger partial charge in [0.2, 0.25) is 10.0 Å². The van der Waals surface area contributed by atoms with Crippen LogP contribution in [0.2, 0.25) is 0 Å². The van der Waals surface area contributed by atoms with Gasteiger partial charge in [0.25, 0.3) is 0 Å². The topological polar surface area (TPSA) is 70.1 Å². The largest absolute Gasteiger partial charge is 0.494 e. The van der Waals surface area contributed by atoms with E-state index in [1.54, 1.807) is 18.2 Å². The molecule has 1 aliphatic rings. The Balaban J connectivity index is 2.12. The molecule has 0 spiro atoms. The van der Waals surface area contributed by atoms with Gasteiger partial charge in [-0.2, -0.15) is 4.31 Å². The average Bonchev–Trinajstić information content (AvgIpc) is 2.50.